The SMILES string of the molecule is CCS(=O)(=O)c1ccc(CC(=O)Nc2ccc3c(c2)nc(C(C)(C)Oc2ccc(F)cc2F)n3CCF)cc1. The summed E-state index contributed by atoms with van der Waals surface area (Å²) < 4.78 is 72.5. The summed E-state index contributed by atoms with van der Waals surface area (Å²) in [6.07, 6.45) is 0.0239. The molecule has 0 saturated heterocycles. The molecule has 0 spiro atoms. The van der Waals surface area contributed by atoms with Crippen molar-refractivity contribution in [3.8, 4) is 5.75 Å². The summed E-state index contributed by atoms with van der Waals surface area (Å²) in [4.78, 5) is 17.5. The van der Waals surface area contributed by atoms with Gasteiger partial charge in [0.2, 0.25) is 5.91 Å². The van der Waals surface area contributed by atoms with Gasteiger partial charge in [0.1, 0.15) is 12.5 Å². The van der Waals surface area contributed by atoms with Crippen LogP contribution in [-0.4, -0.2) is 36.3 Å². The number of aromatic nitrogens is 2. The van der Waals surface area contributed by atoms with Crippen LogP contribution >= 0.6 is 0 Å². The molecule has 206 valence electrons. The largest absolute Gasteiger partial charge is 0.477 e. The maximum atomic E-state index is 14.2. The number of fused-ring (bicyclic) bond motifs is 1. The molecule has 0 aliphatic heterocycles. The monoisotopic (exact) mass is 559 g/mol. The van der Waals surface area contributed by atoms with E-state index in [2.05, 4.69) is 10.3 Å². The molecule has 0 radical (unpaired) electrons. The highest BCUT2D eigenvalue weighted by atomic mass is 32.2. The summed E-state index contributed by atoms with van der Waals surface area (Å²) in [6, 6.07) is 14.1. The minimum absolute atomic E-state index is 0.00938. The highest BCUT2D eigenvalue weighted by molar-refractivity contribution is 7.91. The molecule has 11 heteroatoms. The van der Waals surface area contributed by atoms with E-state index >= 15 is 0 Å². The van der Waals surface area contributed by atoms with Gasteiger partial charge >= 0.3 is 0 Å². The number of hydrogen-bond donors (Lipinski definition) is 1. The van der Waals surface area contributed by atoms with Crippen molar-refractivity contribution in [1.82, 2.24) is 9.55 Å². The fraction of sp³-hybridized carbons (Fsp3) is 0.286. The van der Waals surface area contributed by atoms with Crippen molar-refractivity contribution < 1.29 is 31.1 Å². The van der Waals surface area contributed by atoms with E-state index < -0.39 is 33.7 Å². The number of halogens is 3. The summed E-state index contributed by atoms with van der Waals surface area (Å²) >= 11 is 0. The van der Waals surface area contributed by atoms with Gasteiger partial charge in [-0.3, -0.25) is 4.79 Å². The third-order valence-corrected chi connectivity index (χ3v) is 7.92. The van der Waals surface area contributed by atoms with E-state index in [0.29, 0.717) is 34.2 Å². The topological polar surface area (TPSA) is 90.3 Å². The van der Waals surface area contributed by atoms with E-state index in [4.69, 9.17) is 4.74 Å². The molecule has 0 unspecified atom stereocenters. The number of carbonyl (C=O) groups is 1. The molecule has 0 aliphatic carbocycles. The second-order valence-corrected chi connectivity index (χ2v) is 11.7. The molecule has 1 amide bonds. The van der Waals surface area contributed by atoms with Crippen LogP contribution in [0.1, 0.15) is 32.2 Å². The molecule has 39 heavy (non-hydrogen) atoms. The first-order valence-corrected chi connectivity index (χ1v) is 13.9. The van der Waals surface area contributed by atoms with Crippen LogP contribution in [0, 0.1) is 11.6 Å². The van der Waals surface area contributed by atoms with Crippen LogP contribution in [0.2, 0.25) is 0 Å². The molecule has 0 bridgehead atoms. The second kappa shape index (κ2) is 11.1. The Morgan fingerprint density at radius 1 is 1.05 bits per heavy atom. The lowest BCUT2D eigenvalue weighted by Gasteiger charge is -2.27. The minimum Gasteiger partial charge on any atom is -0.477 e. The number of nitrogens with zero attached hydrogens (tertiary/aromatic N) is 2. The maximum Gasteiger partial charge on any atom is 0.228 e. The van der Waals surface area contributed by atoms with Gasteiger partial charge in [-0.25, -0.2) is 26.6 Å². The van der Waals surface area contributed by atoms with Gasteiger partial charge in [0.05, 0.1) is 34.6 Å². The van der Waals surface area contributed by atoms with Gasteiger partial charge in [-0.2, -0.15) is 0 Å². The number of anilines is 1. The molecule has 0 aliphatic rings. The van der Waals surface area contributed by atoms with Gasteiger partial charge in [0, 0.05) is 11.8 Å². The molecular weight excluding hydrogens is 531 g/mol. The van der Waals surface area contributed by atoms with Crippen molar-refractivity contribution in [1.29, 1.82) is 0 Å². The lowest BCUT2D eigenvalue weighted by atomic mass is 10.1. The predicted octanol–water partition coefficient (Wildman–Crippen LogP) is 5.57. The molecule has 4 aromatic rings. The van der Waals surface area contributed by atoms with Crippen LogP contribution in [0.3, 0.4) is 0 Å². The first-order valence-electron chi connectivity index (χ1n) is 12.3. The Bertz CT molecular complexity index is 1620. The van der Waals surface area contributed by atoms with Gasteiger partial charge in [0.25, 0.3) is 0 Å². The first kappa shape index (κ1) is 28.2. The average Bonchev–Trinajstić information content (AvgIpc) is 3.25. The van der Waals surface area contributed by atoms with Crippen LogP contribution in [0.5, 0.6) is 5.75 Å². The maximum absolute atomic E-state index is 14.2. The summed E-state index contributed by atoms with van der Waals surface area (Å²) in [5.74, 6) is -1.79. The van der Waals surface area contributed by atoms with Crippen molar-refractivity contribution in [3.05, 3.63) is 83.7 Å². The zero-order chi connectivity index (χ0) is 28.4. The Hall–Kier alpha value is -3.86. The van der Waals surface area contributed by atoms with E-state index in [-0.39, 0.29) is 35.3 Å². The molecule has 0 saturated carbocycles. The molecule has 1 heterocycles. The van der Waals surface area contributed by atoms with E-state index in [1.807, 2.05) is 0 Å². The van der Waals surface area contributed by atoms with Gasteiger partial charge in [-0.05, 0) is 61.9 Å². The average molecular weight is 560 g/mol. The van der Waals surface area contributed by atoms with E-state index in [1.54, 1.807) is 55.7 Å². The van der Waals surface area contributed by atoms with Crippen molar-refractivity contribution >= 4 is 32.5 Å². The quantitative estimate of drug-likeness (QED) is 0.274. The molecule has 0 fully saturated rings. The number of benzene rings is 3. The third-order valence-electron chi connectivity index (χ3n) is 6.16. The number of amides is 1. The number of hydrogen-bond acceptors (Lipinski definition) is 5. The smallest absolute Gasteiger partial charge is 0.228 e. The van der Waals surface area contributed by atoms with E-state index in [0.717, 1.165) is 6.07 Å². The normalized spacial score (nSPS) is 12.1. The van der Waals surface area contributed by atoms with Crippen molar-refractivity contribution in [2.45, 2.75) is 44.2 Å². The highest BCUT2D eigenvalue weighted by Gasteiger charge is 2.31. The first-order chi connectivity index (χ1) is 18.4. The number of alkyl halides is 1. The zero-order valence-corrected chi connectivity index (χ0v) is 22.5. The van der Waals surface area contributed by atoms with Crippen LogP contribution in [0.25, 0.3) is 11.0 Å². The molecule has 4 rings (SSSR count). The lowest BCUT2D eigenvalue weighted by molar-refractivity contribution is -0.115. The van der Waals surface area contributed by atoms with Gasteiger partial charge in [0.15, 0.2) is 32.8 Å². The van der Waals surface area contributed by atoms with Crippen LogP contribution < -0.4 is 10.1 Å². The van der Waals surface area contributed by atoms with Crippen LogP contribution in [-0.2, 0) is 33.2 Å². The van der Waals surface area contributed by atoms with E-state index in [1.165, 1.54) is 18.2 Å². The van der Waals surface area contributed by atoms with Crippen molar-refractivity contribution in [3.63, 3.8) is 0 Å². The molecule has 0 atom stereocenters. The van der Waals surface area contributed by atoms with Crippen molar-refractivity contribution in [2.24, 2.45) is 0 Å². The molecule has 3 aromatic carbocycles. The molecular formula is C28H28F3N3O4S. The summed E-state index contributed by atoms with van der Waals surface area (Å²) in [7, 11) is -3.33. The summed E-state index contributed by atoms with van der Waals surface area (Å²) in [5.41, 5.74) is 0.932. The number of nitrogens with one attached hydrogen (secondary N) is 1. The number of rotatable bonds is 10. The molecule has 1 aromatic heterocycles. The van der Waals surface area contributed by atoms with Gasteiger partial charge in [-0.15, -0.1) is 0 Å². The predicted molar refractivity (Wildman–Crippen MR) is 142 cm³/mol. The number of imidazole rings is 1. The Kier molecular flexibility index (Phi) is 8.01. The Balaban J connectivity index is 1.56. The standard InChI is InChI=1S/C28H28F3N3O4S/c1-4-39(36,37)21-9-5-18(6-10-21)15-26(35)32-20-8-11-24-23(17-20)33-27(34(24)14-13-29)28(2,3)38-25-12-7-19(30)16-22(25)31/h5-12,16-17H,4,13-15H2,1-3H3,(H,32,35). The highest BCUT2D eigenvalue weighted by Crippen LogP contribution is 2.32. The third kappa shape index (κ3) is 6.25. The Morgan fingerprint density at radius 3 is 2.41 bits per heavy atom. The summed E-state index contributed by atoms with van der Waals surface area (Å²) in [6.45, 7) is 4.14. The zero-order valence-electron chi connectivity index (χ0n) is 21.7. The van der Waals surface area contributed by atoms with E-state index in [9.17, 15) is 26.4 Å². The Labute approximate surface area is 224 Å². The van der Waals surface area contributed by atoms with Crippen molar-refractivity contribution in [2.75, 3.05) is 17.7 Å². The Morgan fingerprint density at radius 2 is 1.77 bits per heavy atom. The molecule has 7 nitrogen and oxygen atoms in total. The number of carbonyl (C=O) groups excluding carboxylic acids is 1. The van der Waals surface area contributed by atoms with Gasteiger partial charge < -0.3 is 14.6 Å². The van der Waals surface area contributed by atoms with Crippen LogP contribution in [0.15, 0.2) is 65.6 Å². The van der Waals surface area contributed by atoms with Crippen LogP contribution in [0.4, 0.5) is 18.9 Å². The lowest BCUT2D eigenvalue weighted by Crippen LogP contribution is -2.30. The van der Waals surface area contributed by atoms with Gasteiger partial charge in [-0.1, -0.05) is 19.1 Å². The number of aryl methyl sites for hydroxylation is 1. The minimum atomic E-state index is -3.33. The second-order valence-electron chi connectivity index (χ2n) is 9.44. The molecule has 1 N–H and O–H groups in total. The fourth-order valence-electron chi connectivity index (χ4n) is 4.23. The fourth-order valence-corrected chi connectivity index (χ4v) is 5.11. The number of sulfone groups is 1. The number of ether oxygens (including phenoxy) is 1. The summed E-state index contributed by atoms with van der Waals surface area (Å²) in [5, 5.41) is 2.79.